The Labute approximate surface area is 167 Å². The molecule has 142 valence electrons. The highest BCUT2D eigenvalue weighted by atomic mass is 16.1. The molecule has 4 rings (SSSR count). The minimum atomic E-state index is -0.257. The molecule has 2 aromatic carbocycles. The van der Waals surface area contributed by atoms with Crippen molar-refractivity contribution >= 4 is 22.6 Å². The van der Waals surface area contributed by atoms with Gasteiger partial charge in [0.05, 0.1) is 28.9 Å². The van der Waals surface area contributed by atoms with Crippen molar-refractivity contribution in [3.05, 3.63) is 77.6 Å². The first-order chi connectivity index (χ1) is 14.1. The van der Waals surface area contributed by atoms with Crippen LogP contribution in [0.2, 0.25) is 0 Å². The second-order valence-corrected chi connectivity index (χ2v) is 6.73. The molecule has 0 fully saturated rings. The van der Waals surface area contributed by atoms with Crippen LogP contribution in [0.5, 0.6) is 0 Å². The maximum Gasteiger partial charge on any atom is 0.255 e. The maximum absolute atomic E-state index is 12.9. The van der Waals surface area contributed by atoms with Crippen LogP contribution in [0, 0.1) is 11.3 Å². The molecule has 4 aromatic rings. The van der Waals surface area contributed by atoms with Crippen LogP contribution < -0.4 is 11.1 Å². The third-order valence-electron chi connectivity index (χ3n) is 4.71. The van der Waals surface area contributed by atoms with Crippen LogP contribution in [0.25, 0.3) is 22.2 Å². The first-order valence-electron chi connectivity index (χ1n) is 9.06. The van der Waals surface area contributed by atoms with Crippen molar-refractivity contribution < 1.29 is 4.79 Å². The van der Waals surface area contributed by atoms with Gasteiger partial charge in [-0.3, -0.25) is 9.89 Å². The van der Waals surface area contributed by atoms with Crippen LogP contribution >= 0.6 is 0 Å². The number of nitriles is 1. The summed E-state index contributed by atoms with van der Waals surface area (Å²) in [5.41, 5.74) is 11.0. The maximum atomic E-state index is 12.9. The van der Waals surface area contributed by atoms with Crippen LogP contribution in [-0.4, -0.2) is 21.1 Å². The molecule has 2 heterocycles. The fourth-order valence-electron chi connectivity index (χ4n) is 3.26. The Morgan fingerprint density at radius 1 is 1.24 bits per heavy atom. The summed E-state index contributed by atoms with van der Waals surface area (Å²) in [6.45, 7) is 1.89. The molecular formula is C22H18N6O. The number of aromatic amines is 1. The second kappa shape index (κ2) is 7.54. The van der Waals surface area contributed by atoms with E-state index in [1.165, 1.54) is 0 Å². The van der Waals surface area contributed by atoms with Gasteiger partial charge < -0.3 is 11.1 Å². The summed E-state index contributed by atoms with van der Waals surface area (Å²) in [6, 6.07) is 16.3. The predicted molar refractivity (Wildman–Crippen MR) is 111 cm³/mol. The summed E-state index contributed by atoms with van der Waals surface area (Å²) in [5.74, 6) is -0.257. The number of hydrogen-bond donors (Lipinski definition) is 3. The monoisotopic (exact) mass is 382 g/mol. The van der Waals surface area contributed by atoms with Gasteiger partial charge in [-0.1, -0.05) is 18.2 Å². The molecule has 7 nitrogen and oxygen atoms in total. The molecule has 29 heavy (non-hydrogen) atoms. The molecule has 7 heteroatoms. The average Bonchev–Trinajstić information content (AvgIpc) is 3.23. The summed E-state index contributed by atoms with van der Waals surface area (Å²) >= 11 is 0. The summed E-state index contributed by atoms with van der Waals surface area (Å²) in [6.07, 6.45) is 3.23. The van der Waals surface area contributed by atoms with Gasteiger partial charge in [0.2, 0.25) is 0 Å². The van der Waals surface area contributed by atoms with Gasteiger partial charge in [0.15, 0.2) is 5.65 Å². The molecular weight excluding hydrogens is 364 g/mol. The molecule has 0 saturated heterocycles. The quantitative estimate of drug-likeness (QED) is 0.496. The van der Waals surface area contributed by atoms with Crippen molar-refractivity contribution in [3.8, 4) is 17.2 Å². The molecule has 1 unspecified atom stereocenters. The largest absolute Gasteiger partial charge is 0.324 e. The SMILES string of the molecule is CC(N)c1ccc(C(=O)Nc2ccnc3[nH]ncc23)cc1-c1cccc(C#N)c1. The van der Waals surface area contributed by atoms with E-state index in [1.807, 2.05) is 25.1 Å². The van der Waals surface area contributed by atoms with Crippen molar-refractivity contribution in [1.82, 2.24) is 15.2 Å². The molecule has 4 N–H and O–H groups in total. The number of rotatable bonds is 4. The van der Waals surface area contributed by atoms with E-state index in [2.05, 4.69) is 26.6 Å². The van der Waals surface area contributed by atoms with Gasteiger partial charge in [-0.25, -0.2) is 4.98 Å². The van der Waals surface area contributed by atoms with Crippen molar-refractivity contribution in [2.45, 2.75) is 13.0 Å². The third kappa shape index (κ3) is 3.57. The average molecular weight is 382 g/mol. The van der Waals surface area contributed by atoms with Crippen LogP contribution in [0.15, 0.2) is 60.9 Å². The molecule has 1 amide bonds. The molecule has 0 radical (unpaired) electrons. The van der Waals surface area contributed by atoms with Crippen LogP contribution in [0.4, 0.5) is 5.69 Å². The molecule has 0 spiro atoms. The fourth-order valence-corrected chi connectivity index (χ4v) is 3.26. The number of anilines is 1. The van der Waals surface area contributed by atoms with Gasteiger partial charge in [0.1, 0.15) is 0 Å². The van der Waals surface area contributed by atoms with Crippen molar-refractivity contribution in [2.75, 3.05) is 5.32 Å². The van der Waals surface area contributed by atoms with Gasteiger partial charge in [-0.2, -0.15) is 10.4 Å². The minimum Gasteiger partial charge on any atom is -0.324 e. The topological polar surface area (TPSA) is 120 Å². The van der Waals surface area contributed by atoms with Gasteiger partial charge in [-0.15, -0.1) is 0 Å². The summed E-state index contributed by atoms with van der Waals surface area (Å²) in [4.78, 5) is 17.1. The minimum absolute atomic E-state index is 0.224. The Kier molecular flexibility index (Phi) is 4.77. The van der Waals surface area contributed by atoms with Gasteiger partial charge >= 0.3 is 0 Å². The summed E-state index contributed by atoms with van der Waals surface area (Å²) in [5, 5.41) is 19.6. The lowest BCUT2D eigenvalue weighted by Gasteiger charge is -2.15. The predicted octanol–water partition coefficient (Wildman–Crippen LogP) is 3.77. The lowest BCUT2D eigenvalue weighted by Crippen LogP contribution is -2.14. The van der Waals surface area contributed by atoms with E-state index in [9.17, 15) is 10.1 Å². The van der Waals surface area contributed by atoms with Crippen LogP contribution in [-0.2, 0) is 0 Å². The number of H-pyrrole nitrogens is 1. The van der Waals surface area contributed by atoms with Gasteiger partial charge in [-0.05, 0) is 53.9 Å². The lowest BCUT2D eigenvalue weighted by atomic mass is 9.93. The zero-order valence-electron chi connectivity index (χ0n) is 15.7. The molecule has 0 bridgehead atoms. The molecule has 0 aliphatic heterocycles. The smallest absolute Gasteiger partial charge is 0.255 e. The first-order valence-corrected chi connectivity index (χ1v) is 9.06. The number of nitrogens with two attached hydrogens (primary N) is 1. The number of hydrogen-bond acceptors (Lipinski definition) is 5. The zero-order valence-corrected chi connectivity index (χ0v) is 15.7. The zero-order chi connectivity index (χ0) is 20.4. The number of aromatic nitrogens is 3. The van der Waals surface area contributed by atoms with E-state index >= 15 is 0 Å². The number of nitrogens with zero attached hydrogens (tertiary/aromatic N) is 3. The fraction of sp³-hybridized carbons (Fsp3) is 0.0909. The van der Waals surface area contributed by atoms with E-state index in [4.69, 9.17) is 5.73 Å². The van der Waals surface area contributed by atoms with E-state index in [-0.39, 0.29) is 11.9 Å². The Morgan fingerprint density at radius 2 is 2.10 bits per heavy atom. The highest BCUT2D eigenvalue weighted by Crippen LogP contribution is 2.30. The first kappa shape index (κ1) is 18.3. The summed E-state index contributed by atoms with van der Waals surface area (Å²) in [7, 11) is 0. The number of fused-ring (bicyclic) bond motifs is 1. The molecule has 0 aliphatic rings. The number of benzene rings is 2. The Balaban J connectivity index is 1.73. The number of carbonyl (C=O) groups excluding carboxylic acids is 1. The van der Waals surface area contributed by atoms with Crippen LogP contribution in [0.3, 0.4) is 0 Å². The van der Waals surface area contributed by atoms with Gasteiger partial charge in [0, 0.05) is 17.8 Å². The van der Waals surface area contributed by atoms with Crippen molar-refractivity contribution in [3.63, 3.8) is 0 Å². The van der Waals surface area contributed by atoms with E-state index in [0.717, 1.165) is 22.1 Å². The number of carbonyl (C=O) groups is 1. The highest BCUT2D eigenvalue weighted by Gasteiger charge is 2.15. The van der Waals surface area contributed by atoms with Gasteiger partial charge in [0.25, 0.3) is 5.91 Å². The number of amides is 1. The standard InChI is InChI=1S/C22H18N6O/c1-13(24)17-6-5-16(10-18(17)15-4-2-3-14(9-15)11-23)22(29)27-20-7-8-25-21-19(20)12-26-28-21/h2-10,12-13H,24H2,1H3,(H2,25,26,27,28,29). The summed E-state index contributed by atoms with van der Waals surface area (Å²) < 4.78 is 0. The molecule has 0 saturated carbocycles. The van der Waals surface area contributed by atoms with E-state index < -0.39 is 0 Å². The molecule has 2 aromatic heterocycles. The van der Waals surface area contributed by atoms with Crippen molar-refractivity contribution in [1.29, 1.82) is 5.26 Å². The Hall–Kier alpha value is -4.02. The molecule has 0 aliphatic carbocycles. The van der Waals surface area contributed by atoms with E-state index in [0.29, 0.717) is 22.5 Å². The number of nitrogens with one attached hydrogen (secondary N) is 2. The number of pyridine rings is 1. The van der Waals surface area contributed by atoms with Crippen molar-refractivity contribution in [2.24, 2.45) is 5.73 Å². The normalized spacial score (nSPS) is 11.8. The second-order valence-electron chi connectivity index (χ2n) is 6.73. The molecule has 1 atom stereocenters. The van der Waals surface area contributed by atoms with Crippen LogP contribution in [0.1, 0.15) is 34.5 Å². The third-order valence-corrected chi connectivity index (χ3v) is 4.71. The van der Waals surface area contributed by atoms with E-state index in [1.54, 1.807) is 42.7 Å². The lowest BCUT2D eigenvalue weighted by molar-refractivity contribution is 0.102. The highest BCUT2D eigenvalue weighted by molar-refractivity contribution is 6.08. The Bertz CT molecular complexity index is 1250. The Morgan fingerprint density at radius 3 is 2.90 bits per heavy atom.